The van der Waals surface area contributed by atoms with Crippen molar-refractivity contribution >= 4 is 5.97 Å². The Bertz CT molecular complexity index is 603. The Kier molecular flexibility index (Phi) is 4.51. The average molecular weight is 269 g/mol. The molecule has 0 unspecified atom stereocenters. The number of benzene rings is 1. The van der Waals surface area contributed by atoms with Crippen molar-refractivity contribution in [3.05, 3.63) is 53.2 Å². The van der Waals surface area contributed by atoms with Crippen LogP contribution in [0.15, 0.2) is 36.4 Å². The van der Waals surface area contributed by atoms with Gasteiger partial charge in [-0.2, -0.15) is 0 Å². The summed E-state index contributed by atoms with van der Waals surface area (Å²) < 4.78 is 0. The minimum atomic E-state index is -0.908. The molecule has 2 aromatic rings. The van der Waals surface area contributed by atoms with Crippen molar-refractivity contribution in [3.8, 4) is 11.3 Å². The van der Waals surface area contributed by atoms with Crippen molar-refractivity contribution in [3.63, 3.8) is 0 Å². The molecule has 0 radical (unpaired) electrons. The summed E-state index contributed by atoms with van der Waals surface area (Å²) in [6.45, 7) is 4.14. The van der Waals surface area contributed by atoms with E-state index in [4.69, 9.17) is 0 Å². The van der Waals surface area contributed by atoms with Gasteiger partial charge in [0.2, 0.25) is 0 Å². The number of carboxylic acids is 1. The highest BCUT2D eigenvalue weighted by Gasteiger charge is 2.12. The largest absolute Gasteiger partial charge is 0.478 e. The van der Waals surface area contributed by atoms with E-state index in [9.17, 15) is 9.90 Å². The molecule has 1 aromatic heterocycles. The van der Waals surface area contributed by atoms with E-state index < -0.39 is 5.97 Å². The highest BCUT2D eigenvalue weighted by atomic mass is 16.4. The maximum atomic E-state index is 11.2. The average Bonchev–Trinajstić information content (AvgIpc) is 2.47. The Morgan fingerprint density at radius 3 is 2.35 bits per heavy atom. The lowest BCUT2D eigenvalue weighted by Crippen LogP contribution is -2.05. The van der Waals surface area contributed by atoms with Gasteiger partial charge in [-0.15, -0.1) is 0 Å². The first-order valence-corrected chi connectivity index (χ1v) is 6.98. The van der Waals surface area contributed by atoms with Crippen molar-refractivity contribution in [2.75, 3.05) is 0 Å². The van der Waals surface area contributed by atoms with Crippen LogP contribution in [-0.4, -0.2) is 16.1 Å². The topological polar surface area (TPSA) is 50.2 Å². The van der Waals surface area contributed by atoms with Crippen molar-refractivity contribution < 1.29 is 9.90 Å². The van der Waals surface area contributed by atoms with Gasteiger partial charge < -0.3 is 5.11 Å². The Morgan fingerprint density at radius 2 is 1.80 bits per heavy atom. The zero-order chi connectivity index (χ0) is 14.5. The molecular formula is C17H19NO2. The number of rotatable bonds is 5. The van der Waals surface area contributed by atoms with E-state index in [1.165, 1.54) is 5.56 Å². The van der Waals surface area contributed by atoms with Gasteiger partial charge in [0.05, 0.1) is 17.0 Å². The summed E-state index contributed by atoms with van der Waals surface area (Å²) in [5.74, 6) is -0.908. The first kappa shape index (κ1) is 14.3. The molecule has 1 heterocycles. The zero-order valence-electron chi connectivity index (χ0n) is 11.9. The number of aromatic nitrogens is 1. The molecule has 0 spiro atoms. The molecule has 0 saturated heterocycles. The number of hydrogen-bond donors (Lipinski definition) is 1. The summed E-state index contributed by atoms with van der Waals surface area (Å²) >= 11 is 0. The van der Waals surface area contributed by atoms with Crippen LogP contribution in [0.4, 0.5) is 0 Å². The molecule has 0 atom stereocenters. The van der Waals surface area contributed by atoms with Gasteiger partial charge in [-0.25, -0.2) is 4.79 Å². The fourth-order valence-electron chi connectivity index (χ4n) is 2.20. The lowest BCUT2D eigenvalue weighted by molar-refractivity contribution is 0.0695. The molecule has 0 aliphatic rings. The summed E-state index contributed by atoms with van der Waals surface area (Å²) in [6.07, 6.45) is 2.57. The van der Waals surface area contributed by atoms with Gasteiger partial charge in [-0.3, -0.25) is 4.98 Å². The first-order valence-electron chi connectivity index (χ1n) is 6.98. The number of pyridine rings is 1. The standard InChI is InChI=1S/C17H19NO2/c1-3-5-16-14(17(19)20)10-11-15(18-16)13-8-6-12(4-2)7-9-13/h6-11H,3-5H2,1-2H3,(H,19,20). The van der Waals surface area contributed by atoms with Crippen LogP contribution >= 0.6 is 0 Å². The molecule has 20 heavy (non-hydrogen) atoms. The molecular weight excluding hydrogens is 250 g/mol. The van der Waals surface area contributed by atoms with Crippen molar-refractivity contribution in [1.82, 2.24) is 4.98 Å². The predicted molar refractivity (Wildman–Crippen MR) is 80.0 cm³/mol. The third-order valence-electron chi connectivity index (χ3n) is 3.35. The van der Waals surface area contributed by atoms with Crippen molar-refractivity contribution in [2.45, 2.75) is 33.1 Å². The summed E-state index contributed by atoms with van der Waals surface area (Å²) in [7, 11) is 0. The van der Waals surface area contributed by atoms with Crippen LogP contribution in [-0.2, 0) is 12.8 Å². The van der Waals surface area contributed by atoms with Gasteiger partial charge in [0.1, 0.15) is 0 Å². The molecule has 3 nitrogen and oxygen atoms in total. The summed E-state index contributed by atoms with van der Waals surface area (Å²) in [4.78, 5) is 15.7. The number of nitrogens with zero attached hydrogens (tertiary/aromatic N) is 1. The number of aromatic carboxylic acids is 1. The molecule has 0 bridgehead atoms. The lowest BCUT2D eigenvalue weighted by atomic mass is 10.0. The minimum Gasteiger partial charge on any atom is -0.478 e. The van der Waals surface area contributed by atoms with Crippen LogP contribution in [0, 0.1) is 0 Å². The van der Waals surface area contributed by atoms with Gasteiger partial charge >= 0.3 is 5.97 Å². The van der Waals surface area contributed by atoms with Gasteiger partial charge in [0.15, 0.2) is 0 Å². The first-order chi connectivity index (χ1) is 9.65. The van der Waals surface area contributed by atoms with Crippen LogP contribution < -0.4 is 0 Å². The van der Waals surface area contributed by atoms with E-state index in [0.29, 0.717) is 17.7 Å². The number of hydrogen-bond acceptors (Lipinski definition) is 2. The monoisotopic (exact) mass is 269 g/mol. The molecule has 0 aliphatic heterocycles. The van der Waals surface area contributed by atoms with E-state index in [2.05, 4.69) is 24.0 Å². The van der Waals surface area contributed by atoms with Crippen molar-refractivity contribution in [2.24, 2.45) is 0 Å². The highest BCUT2D eigenvalue weighted by Crippen LogP contribution is 2.21. The number of carbonyl (C=O) groups is 1. The second kappa shape index (κ2) is 6.33. The molecule has 2 rings (SSSR count). The molecule has 0 saturated carbocycles. The van der Waals surface area contributed by atoms with E-state index in [1.54, 1.807) is 12.1 Å². The molecule has 1 aromatic carbocycles. The maximum absolute atomic E-state index is 11.2. The van der Waals surface area contributed by atoms with E-state index in [-0.39, 0.29) is 0 Å². The fraction of sp³-hybridized carbons (Fsp3) is 0.294. The van der Waals surface area contributed by atoms with Crippen LogP contribution in [0.2, 0.25) is 0 Å². The molecule has 104 valence electrons. The fourth-order valence-corrected chi connectivity index (χ4v) is 2.20. The van der Waals surface area contributed by atoms with Gasteiger partial charge in [-0.1, -0.05) is 44.5 Å². The minimum absolute atomic E-state index is 0.306. The number of aryl methyl sites for hydroxylation is 2. The third-order valence-corrected chi connectivity index (χ3v) is 3.35. The van der Waals surface area contributed by atoms with Crippen molar-refractivity contribution in [1.29, 1.82) is 0 Å². The van der Waals surface area contributed by atoms with Gasteiger partial charge in [-0.05, 0) is 30.5 Å². The van der Waals surface area contributed by atoms with Gasteiger partial charge in [0.25, 0.3) is 0 Å². The normalized spacial score (nSPS) is 10.5. The van der Waals surface area contributed by atoms with E-state index in [1.807, 2.05) is 19.1 Å². The molecule has 0 aliphatic carbocycles. The van der Waals surface area contributed by atoms with Crippen LogP contribution in [0.25, 0.3) is 11.3 Å². The van der Waals surface area contributed by atoms with E-state index in [0.717, 1.165) is 24.1 Å². The zero-order valence-corrected chi connectivity index (χ0v) is 11.9. The summed E-state index contributed by atoms with van der Waals surface area (Å²) in [5, 5.41) is 9.18. The lowest BCUT2D eigenvalue weighted by Gasteiger charge is -2.08. The van der Waals surface area contributed by atoms with Crippen LogP contribution in [0.5, 0.6) is 0 Å². The van der Waals surface area contributed by atoms with E-state index >= 15 is 0 Å². The molecule has 0 amide bonds. The third kappa shape index (κ3) is 3.05. The summed E-state index contributed by atoms with van der Waals surface area (Å²) in [6, 6.07) is 11.7. The molecule has 1 N–H and O–H groups in total. The number of carboxylic acid groups (broad SMARTS) is 1. The Morgan fingerprint density at radius 1 is 1.10 bits per heavy atom. The van der Waals surface area contributed by atoms with Crippen LogP contribution in [0.3, 0.4) is 0 Å². The SMILES string of the molecule is CCCc1nc(-c2ccc(CC)cc2)ccc1C(=O)O. The molecule has 3 heteroatoms. The molecule has 0 fully saturated rings. The maximum Gasteiger partial charge on any atom is 0.337 e. The highest BCUT2D eigenvalue weighted by molar-refractivity contribution is 5.89. The quantitative estimate of drug-likeness (QED) is 0.893. The predicted octanol–water partition coefficient (Wildman–Crippen LogP) is 3.96. The van der Waals surface area contributed by atoms with Crippen LogP contribution in [0.1, 0.15) is 41.9 Å². The second-order valence-electron chi connectivity index (χ2n) is 4.80. The Labute approximate surface area is 119 Å². The second-order valence-corrected chi connectivity index (χ2v) is 4.80. The summed E-state index contributed by atoms with van der Waals surface area (Å²) in [5.41, 5.74) is 4.11. The van der Waals surface area contributed by atoms with Gasteiger partial charge in [0, 0.05) is 5.56 Å². The Hall–Kier alpha value is -2.16. The smallest absolute Gasteiger partial charge is 0.337 e. The Balaban J connectivity index is 2.41.